The van der Waals surface area contributed by atoms with Crippen LogP contribution in [0.25, 0.3) is 0 Å². The average Bonchev–Trinajstić information content (AvgIpc) is 3.04. The summed E-state index contributed by atoms with van der Waals surface area (Å²) in [6.07, 6.45) is 11.8. The Morgan fingerprint density at radius 2 is 1.61 bits per heavy atom. The molecule has 0 amide bonds. The van der Waals surface area contributed by atoms with Gasteiger partial charge in [0.1, 0.15) is 5.78 Å². The van der Waals surface area contributed by atoms with E-state index < -0.39 is 0 Å². The first-order valence-corrected chi connectivity index (χ1v) is 13.6. The van der Waals surface area contributed by atoms with Gasteiger partial charge in [0.15, 0.2) is 0 Å². The highest BCUT2D eigenvalue weighted by Crippen LogP contribution is 2.69. The van der Waals surface area contributed by atoms with E-state index in [0.29, 0.717) is 34.9 Å². The van der Waals surface area contributed by atoms with E-state index in [2.05, 4.69) is 48.5 Å². The molecule has 0 bridgehead atoms. The zero-order valence-electron chi connectivity index (χ0n) is 21.5. The fourth-order valence-corrected chi connectivity index (χ4v) is 9.83. The van der Waals surface area contributed by atoms with Gasteiger partial charge in [0.2, 0.25) is 0 Å². The van der Waals surface area contributed by atoms with E-state index in [0.717, 1.165) is 37.0 Å². The van der Waals surface area contributed by atoms with E-state index in [1.165, 1.54) is 44.9 Å². The van der Waals surface area contributed by atoms with E-state index in [1.807, 2.05) is 0 Å². The second-order valence-corrected chi connectivity index (χ2v) is 13.8. The third kappa shape index (κ3) is 3.66. The Morgan fingerprint density at radius 1 is 0.935 bits per heavy atom. The first-order chi connectivity index (χ1) is 14.4. The molecule has 0 saturated heterocycles. The molecule has 0 radical (unpaired) electrons. The molecule has 0 spiro atoms. The number of hydrogen-bond acceptors (Lipinski definition) is 2. The van der Waals surface area contributed by atoms with Gasteiger partial charge in [0.05, 0.1) is 6.10 Å². The van der Waals surface area contributed by atoms with Crippen molar-refractivity contribution in [3.63, 3.8) is 0 Å². The molecule has 1 N–H and O–H groups in total. The molecule has 0 aromatic heterocycles. The minimum absolute atomic E-state index is 0.215. The lowest BCUT2D eigenvalue weighted by Gasteiger charge is -2.64. The molecule has 0 heterocycles. The first kappa shape index (κ1) is 23.8. The average molecular weight is 431 g/mol. The van der Waals surface area contributed by atoms with Crippen LogP contribution in [0.3, 0.4) is 0 Å². The molecule has 9 atom stereocenters. The van der Waals surface area contributed by atoms with Gasteiger partial charge in [-0.25, -0.2) is 0 Å². The van der Waals surface area contributed by atoms with Crippen molar-refractivity contribution in [3.05, 3.63) is 0 Å². The van der Waals surface area contributed by atoms with Crippen molar-refractivity contribution >= 4 is 5.78 Å². The van der Waals surface area contributed by atoms with Gasteiger partial charge in [0, 0.05) is 11.8 Å². The van der Waals surface area contributed by atoms with Gasteiger partial charge in [0.25, 0.3) is 0 Å². The number of aliphatic hydroxyl groups is 1. The van der Waals surface area contributed by atoms with Crippen molar-refractivity contribution in [2.24, 2.45) is 57.7 Å². The molecule has 0 aromatic carbocycles. The fourth-order valence-electron chi connectivity index (χ4n) is 9.83. The molecule has 4 aliphatic rings. The maximum Gasteiger partial charge on any atom is 0.138 e. The molecule has 2 heteroatoms. The standard InChI is InChI=1S/C29H50O2/c1-18(2)9-8-10-19(3)20-11-12-21-26-22(13-15-28(20,21)6)29(7)16-14-25(31)27(4,5)24(29)17-23(26)30/h18-24,26,30H,8-17H2,1-7H3/t19-,20-,21+,22+,23+,24+,26+,28-,29-/m1/s1. The van der Waals surface area contributed by atoms with Crippen LogP contribution in [0.5, 0.6) is 0 Å². The molecule has 4 fully saturated rings. The Bertz CT molecular complexity index is 680. The molecule has 31 heavy (non-hydrogen) atoms. The van der Waals surface area contributed by atoms with E-state index in [-0.39, 0.29) is 16.9 Å². The van der Waals surface area contributed by atoms with Crippen LogP contribution >= 0.6 is 0 Å². The van der Waals surface area contributed by atoms with Crippen molar-refractivity contribution in [1.82, 2.24) is 0 Å². The molecule has 0 unspecified atom stereocenters. The summed E-state index contributed by atoms with van der Waals surface area (Å²) in [5.74, 6) is 4.95. The van der Waals surface area contributed by atoms with Gasteiger partial charge in [-0.15, -0.1) is 0 Å². The summed E-state index contributed by atoms with van der Waals surface area (Å²) in [5.41, 5.74) is 0.356. The first-order valence-electron chi connectivity index (χ1n) is 13.6. The monoisotopic (exact) mass is 430 g/mol. The van der Waals surface area contributed by atoms with Gasteiger partial charge < -0.3 is 5.11 Å². The van der Waals surface area contributed by atoms with Crippen LogP contribution in [0, 0.1) is 57.7 Å². The van der Waals surface area contributed by atoms with Crippen molar-refractivity contribution < 1.29 is 9.90 Å². The zero-order chi connectivity index (χ0) is 22.8. The van der Waals surface area contributed by atoms with Crippen molar-refractivity contribution in [1.29, 1.82) is 0 Å². The van der Waals surface area contributed by atoms with Crippen LogP contribution in [0.15, 0.2) is 0 Å². The van der Waals surface area contributed by atoms with Crippen LogP contribution in [-0.2, 0) is 4.79 Å². The number of ketones is 1. The summed E-state index contributed by atoms with van der Waals surface area (Å²) < 4.78 is 0. The van der Waals surface area contributed by atoms with Crippen LogP contribution in [-0.4, -0.2) is 17.0 Å². The number of fused-ring (bicyclic) bond motifs is 5. The largest absolute Gasteiger partial charge is 0.393 e. The minimum Gasteiger partial charge on any atom is -0.393 e. The lowest BCUT2D eigenvalue weighted by Crippen LogP contribution is -2.62. The van der Waals surface area contributed by atoms with Crippen molar-refractivity contribution in [2.45, 2.75) is 119 Å². The summed E-state index contributed by atoms with van der Waals surface area (Å²) >= 11 is 0. The smallest absolute Gasteiger partial charge is 0.138 e. The predicted molar refractivity (Wildman–Crippen MR) is 129 cm³/mol. The Morgan fingerprint density at radius 3 is 2.29 bits per heavy atom. The molecule has 0 aliphatic heterocycles. The van der Waals surface area contributed by atoms with Gasteiger partial charge >= 0.3 is 0 Å². The van der Waals surface area contributed by atoms with Crippen LogP contribution in [0.1, 0.15) is 113 Å². The molecule has 4 aliphatic carbocycles. The summed E-state index contributed by atoms with van der Waals surface area (Å²) in [5, 5.41) is 11.6. The quantitative estimate of drug-likeness (QED) is 0.497. The highest BCUT2D eigenvalue weighted by Gasteiger charge is 2.65. The van der Waals surface area contributed by atoms with Crippen LogP contribution in [0.4, 0.5) is 0 Å². The van der Waals surface area contributed by atoms with E-state index in [9.17, 15) is 9.90 Å². The number of rotatable bonds is 5. The van der Waals surface area contributed by atoms with Crippen LogP contribution in [0.2, 0.25) is 0 Å². The lowest BCUT2D eigenvalue weighted by atomic mass is 9.40. The third-order valence-electron chi connectivity index (χ3n) is 11.6. The number of carbonyl (C=O) groups is 1. The summed E-state index contributed by atoms with van der Waals surface area (Å²) in [4.78, 5) is 12.8. The van der Waals surface area contributed by atoms with Crippen molar-refractivity contribution in [3.8, 4) is 0 Å². The number of carbonyl (C=O) groups excluding carboxylic acids is 1. The van der Waals surface area contributed by atoms with Gasteiger partial charge in [-0.1, -0.05) is 67.7 Å². The second kappa shape index (κ2) is 8.14. The highest BCUT2D eigenvalue weighted by atomic mass is 16.3. The number of hydrogen-bond donors (Lipinski definition) is 1. The SMILES string of the molecule is CC(C)CCC[C@@H](C)[C@H]1CC[C@H]2[C@@H]3[C@@H](O)C[C@H]4C(C)(C)C(=O)CC[C@]4(C)[C@H]3CC[C@]12C. The molecule has 178 valence electrons. The van der Waals surface area contributed by atoms with E-state index in [4.69, 9.17) is 0 Å². The Kier molecular flexibility index (Phi) is 6.24. The fraction of sp³-hybridized carbons (Fsp3) is 0.966. The molecule has 4 rings (SSSR count). The highest BCUT2D eigenvalue weighted by molar-refractivity contribution is 5.85. The van der Waals surface area contributed by atoms with E-state index >= 15 is 0 Å². The Balaban J connectivity index is 1.55. The molecular formula is C29H50O2. The van der Waals surface area contributed by atoms with E-state index in [1.54, 1.807) is 0 Å². The minimum atomic E-state index is -0.275. The lowest BCUT2D eigenvalue weighted by molar-refractivity contribution is -0.192. The number of Topliss-reactive ketones (excluding diaryl/α,β-unsaturated/α-hetero) is 1. The molecular weight excluding hydrogens is 380 g/mol. The second-order valence-electron chi connectivity index (χ2n) is 13.8. The Hall–Kier alpha value is -0.370. The van der Waals surface area contributed by atoms with Crippen LogP contribution < -0.4 is 0 Å². The zero-order valence-corrected chi connectivity index (χ0v) is 21.5. The molecule has 0 aromatic rings. The van der Waals surface area contributed by atoms with Gasteiger partial charge in [-0.05, 0) is 90.8 Å². The summed E-state index contributed by atoms with van der Waals surface area (Å²) in [7, 11) is 0. The summed E-state index contributed by atoms with van der Waals surface area (Å²) in [6, 6.07) is 0. The van der Waals surface area contributed by atoms with Gasteiger partial charge in [-0.2, -0.15) is 0 Å². The van der Waals surface area contributed by atoms with Gasteiger partial charge in [-0.3, -0.25) is 4.79 Å². The maximum atomic E-state index is 12.8. The Labute approximate surface area is 192 Å². The molecule has 2 nitrogen and oxygen atoms in total. The molecule has 4 saturated carbocycles. The third-order valence-corrected chi connectivity index (χ3v) is 11.6. The summed E-state index contributed by atoms with van der Waals surface area (Å²) in [6.45, 7) is 16.6. The number of aliphatic hydroxyl groups excluding tert-OH is 1. The normalized spacial score (nSPS) is 47.6. The topological polar surface area (TPSA) is 37.3 Å². The predicted octanol–water partition coefficient (Wildman–Crippen LogP) is 7.28. The van der Waals surface area contributed by atoms with Crippen molar-refractivity contribution in [2.75, 3.05) is 0 Å². The maximum absolute atomic E-state index is 12.8.